The lowest BCUT2D eigenvalue weighted by Gasteiger charge is -2.28. The maximum absolute atomic E-state index is 9.43. The predicted molar refractivity (Wildman–Crippen MR) is 159 cm³/mol. The van der Waals surface area contributed by atoms with Gasteiger partial charge in [-0.1, -0.05) is 32.9 Å². The van der Waals surface area contributed by atoms with E-state index in [1.54, 1.807) is 14.1 Å². The van der Waals surface area contributed by atoms with Gasteiger partial charge in [0.15, 0.2) is 17.0 Å². The zero-order valence-electron chi connectivity index (χ0n) is 24.8. The average Bonchev–Trinajstić information content (AvgIpc) is 3.72. The number of amides is 1. The molecule has 0 saturated carbocycles. The van der Waals surface area contributed by atoms with Crippen LogP contribution in [-0.4, -0.2) is 98.8 Å². The van der Waals surface area contributed by atoms with Crippen molar-refractivity contribution >= 4 is 34.4 Å². The van der Waals surface area contributed by atoms with Gasteiger partial charge < -0.3 is 19.1 Å². The molecule has 0 bridgehead atoms. The molecule has 0 spiro atoms. The van der Waals surface area contributed by atoms with Crippen LogP contribution in [0.1, 0.15) is 45.3 Å². The smallest absolute Gasteiger partial charge is 0.239 e. The number of fused-ring (bicyclic) bond motifs is 2. The number of carbonyl (C=O) groups is 1. The molecule has 2 fully saturated rings. The number of anilines is 1. The molecule has 1 amide bonds. The van der Waals surface area contributed by atoms with Gasteiger partial charge in [-0.3, -0.25) is 14.3 Å². The number of hydrogen-bond donors (Lipinski definition) is 0. The molecule has 0 radical (unpaired) electrons. The number of morpholine rings is 1. The summed E-state index contributed by atoms with van der Waals surface area (Å²) in [5, 5.41) is 0. The Hall–Kier alpha value is -3.57. The first-order valence-electron chi connectivity index (χ1n) is 14.4. The lowest BCUT2D eigenvalue weighted by atomic mass is 10.3. The van der Waals surface area contributed by atoms with Crippen molar-refractivity contribution in [3.63, 3.8) is 0 Å². The Morgan fingerprint density at radius 3 is 2.27 bits per heavy atom. The third-order valence-corrected chi connectivity index (χ3v) is 7.01. The maximum Gasteiger partial charge on any atom is 0.239 e. The number of carbonyl (C=O) groups excluding carboxylic acids is 1. The largest absolute Gasteiger partial charge is 0.378 e. The molecule has 3 aromatic heterocycles. The number of ether oxygens (including phenoxy) is 1. The van der Waals surface area contributed by atoms with Gasteiger partial charge in [0.25, 0.3) is 0 Å². The highest BCUT2D eigenvalue weighted by Gasteiger charge is 2.25. The van der Waals surface area contributed by atoms with Crippen molar-refractivity contribution in [3.05, 3.63) is 35.9 Å². The minimum Gasteiger partial charge on any atom is -0.378 e. The van der Waals surface area contributed by atoms with E-state index in [-0.39, 0.29) is 0 Å². The Bertz CT molecular complexity index is 1400. The fraction of sp³-hybridized carbons (Fsp3) is 0.552. The summed E-state index contributed by atoms with van der Waals surface area (Å²) < 4.78 is 9.86. The van der Waals surface area contributed by atoms with Crippen molar-refractivity contribution in [2.75, 3.05) is 58.4 Å². The topological polar surface area (TPSA) is 97.4 Å². The number of benzene rings is 1. The van der Waals surface area contributed by atoms with E-state index in [0.717, 1.165) is 85.2 Å². The molecule has 2 saturated heterocycles. The van der Waals surface area contributed by atoms with Crippen LogP contribution >= 0.6 is 0 Å². The summed E-state index contributed by atoms with van der Waals surface area (Å²) in [4.78, 5) is 35.7. The van der Waals surface area contributed by atoms with E-state index >= 15 is 0 Å². The highest BCUT2D eigenvalue weighted by molar-refractivity contribution is 5.86. The average molecular weight is 550 g/mol. The first-order valence-corrected chi connectivity index (χ1v) is 14.4. The van der Waals surface area contributed by atoms with Gasteiger partial charge in [0.1, 0.15) is 11.6 Å². The Morgan fingerprint density at radius 1 is 0.950 bits per heavy atom. The number of hydrogen-bond acceptors (Lipinski definition) is 8. The van der Waals surface area contributed by atoms with Gasteiger partial charge in [-0.2, -0.15) is 9.97 Å². The van der Waals surface area contributed by atoms with Crippen LogP contribution in [0.4, 0.5) is 5.82 Å². The van der Waals surface area contributed by atoms with Gasteiger partial charge in [0.05, 0.1) is 30.8 Å². The van der Waals surface area contributed by atoms with E-state index in [1.165, 1.54) is 17.7 Å². The Labute approximate surface area is 236 Å². The van der Waals surface area contributed by atoms with E-state index in [0.29, 0.717) is 19.2 Å². The zero-order valence-corrected chi connectivity index (χ0v) is 24.8. The Morgan fingerprint density at radius 2 is 1.62 bits per heavy atom. The van der Waals surface area contributed by atoms with Crippen LogP contribution in [0.25, 0.3) is 28.1 Å². The first kappa shape index (κ1) is 29.4. The van der Waals surface area contributed by atoms with Crippen molar-refractivity contribution < 1.29 is 9.53 Å². The van der Waals surface area contributed by atoms with Crippen molar-refractivity contribution in [2.24, 2.45) is 7.05 Å². The number of nitrogens with zero attached hydrogens (tertiary/aromatic N) is 9. The molecule has 1 aromatic carbocycles. The minimum absolute atomic E-state index is 0.658. The second-order valence-corrected chi connectivity index (χ2v) is 9.96. The van der Waals surface area contributed by atoms with Gasteiger partial charge in [-0.25, -0.2) is 9.97 Å². The molecule has 2 aliphatic rings. The van der Waals surface area contributed by atoms with Crippen LogP contribution in [-0.2, 0) is 29.5 Å². The molecule has 0 unspecified atom stereocenters. The quantitative estimate of drug-likeness (QED) is 0.338. The van der Waals surface area contributed by atoms with Crippen molar-refractivity contribution in [3.8, 4) is 5.95 Å². The molecule has 5 heterocycles. The molecule has 0 atom stereocenters. The molecule has 2 aliphatic heterocycles. The normalized spacial score (nSPS) is 15.5. The van der Waals surface area contributed by atoms with Crippen molar-refractivity contribution in [2.45, 2.75) is 46.6 Å². The summed E-state index contributed by atoms with van der Waals surface area (Å²) >= 11 is 0. The van der Waals surface area contributed by atoms with Crippen molar-refractivity contribution in [1.82, 2.24) is 38.9 Å². The molecular weight excluding hydrogens is 506 g/mol. The number of para-hydroxylation sites is 2. The molecule has 11 heteroatoms. The molecule has 6 rings (SSSR count). The van der Waals surface area contributed by atoms with Gasteiger partial charge in [0, 0.05) is 40.7 Å². The van der Waals surface area contributed by atoms with Gasteiger partial charge in [0.2, 0.25) is 12.4 Å². The maximum atomic E-state index is 9.43. The molecular formula is C29H43N9O2. The van der Waals surface area contributed by atoms with Gasteiger partial charge in [-0.15, -0.1) is 0 Å². The fourth-order valence-corrected chi connectivity index (χ4v) is 4.99. The number of aromatic nitrogens is 6. The van der Waals surface area contributed by atoms with Crippen LogP contribution in [0, 0.1) is 0 Å². The Kier molecular flexibility index (Phi) is 10.1. The second-order valence-electron chi connectivity index (χ2n) is 9.96. The molecule has 11 nitrogen and oxygen atoms in total. The summed E-state index contributed by atoms with van der Waals surface area (Å²) in [7, 11) is 5.45. The fourth-order valence-electron chi connectivity index (χ4n) is 4.99. The third-order valence-electron chi connectivity index (χ3n) is 7.01. The number of aryl methyl sites for hydroxylation is 2. The molecule has 40 heavy (non-hydrogen) atoms. The van der Waals surface area contributed by atoms with Crippen LogP contribution in [0.3, 0.4) is 0 Å². The standard InChI is InChI=1S/C24H30N8O.C3H7NO.C2H6/c1-3-19-25-17-8-4-5-9-18(17)32(19)24-27-22-21(23(28-24)31-12-14-33-15-13-31)26-20(29(22)2)16-30-10-6-7-11-30;1-4(2)3-5;1-2/h4-5,8-9H,3,6-7,10-16H2,1-2H3;3H,1-2H3;1-2H3. The molecule has 216 valence electrons. The summed E-state index contributed by atoms with van der Waals surface area (Å²) in [6, 6.07) is 8.20. The predicted octanol–water partition coefficient (Wildman–Crippen LogP) is 3.43. The SMILES string of the molecule is CC.CCc1nc2ccccc2n1-c1nc(N2CCOCC2)c2nc(CN3CCCC3)n(C)c2n1.CN(C)C=O. The Balaban J connectivity index is 0.000000479. The lowest BCUT2D eigenvalue weighted by molar-refractivity contribution is -0.115. The molecule has 0 aliphatic carbocycles. The minimum atomic E-state index is 0.658. The number of likely N-dealkylation sites (tertiary alicyclic amines) is 1. The summed E-state index contributed by atoms with van der Waals surface area (Å²) in [6.07, 6.45) is 4.08. The number of rotatable bonds is 6. The van der Waals surface area contributed by atoms with E-state index in [4.69, 9.17) is 24.7 Å². The van der Waals surface area contributed by atoms with E-state index in [9.17, 15) is 4.79 Å². The van der Waals surface area contributed by atoms with Gasteiger partial charge >= 0.3 is 0 Å². The van der Waals surface area contributed by atoms with Crippen molar-refractivity contribution in [1.29, 1.82) is 0 Å². The summed E-state index contributed by atoms with van der Waals surface area (Å²) in [6.45, 7) is 12.2. The van der Waals surface area contributed by atoms with E-state index < -0.39 is 0 Å². The third kappa shape index (κ3) is 6.26. The summed E-state index contributed by atoms with van der Waals surface area (Å²) in [5.41, 5.74) is 3.74. The lowest BCUT2D eigenvalue weighted by Crippen LogP contribution is -2.37. The molecule has 0 N–H and O–H groups in total. The monoisotopic (exact) mass is 549 g/mol. The summed E-state index contributed by atoms with van der Waals surface area (Å²) in [5.74, 6) is 3.55. The van der Waals surface area contributed by atoms with Crippen LogP contribution < -0.4 is 4.90 Å². The van der Waals surface area contributed by atoms with Crippen LogP contribution in [0.2, 0.25) is 0 Å². The molecule has 4 aromatic rings. The van der Waals surface area contributed by atoms with Gasteiger partial charge in [-0.05, 0) is 38.1 Å². The van der Waals surface area contributed by atoms with Crippen LogP contribution in [0.15, 0.2) is 24.3 Å². The second kappa shape index (κ2) is 13.7. The number of imidazole rings is 2. The highest BCUT2D eigenvalue weighted by Crippen LogP contribution is 2.29. The zero-order chi connectivity index (χ0) is 28.6. The van der Waals surface area contributed by atoms with Crippen LogP contribution in [0.5, 0.6) is 0 Å². The first-order chi connectivity index (χ1) is 19.5. The van der Waals surface area contributed by atoms with E-state index in [1.807, 2.05) is 32.0 Å². The van der Waals surface area contributed by atoms with E-state index in [2.05, 4.69) is 39.0 Å². The highest BCUT2D eigenvalue weighted by atomic mass is 16.5.